The molecular weight excluding hydrogens is 441 g/mol. The fourth-order valence-electron chi connectivity index (χ4n) is 3.44. The van der Waals surface area contributed by atoms with Crippen LogP contribution in [0.2, 0.25) is 5.02 Å². The molecule has 1 aromatic carbocycles. The van der Waals surface area contributed by atoms with E-state index in [0.29, 0.717) is 22.1 Å². The first-order chi connectivity index (χ1) is 14.9. The molecule has 1 amide bonds. The average Bonchev–Trinajstić information content (AvgIpc) is 3.14. The average molecular weight is 468 g/mol. The molecule has 0 aliphatic carbocycles. The fourth-order valence-corrected chi connectivity index (χ4v) is 4.66. The van der Waals surface area contributed by atoms with Crippen LogP contribution in [0, 0.1) is 5.82 Å². The summed E-state index contributed by atoms with van der Waals surface area (Å²) in [6.45, 7) is 8.00. The Morgan fingerprint density at radius 1 is 1.16 bits per heavy atom. The van der Waals surface area contributed by atoms with Crippen LogP contribution in [0.4, 0.5) is 9.39 Å². The van der Waals surface area contributed by atoms with Crippen molar-refractivity contribution >= 4 is 39.8 Å². The second-order valence-electron chi connectivity index (χ2n) is 7.37. The Labute approximate surface area is 190 Å². The summed E-state index contributed by atoms with van der Waals surface area (Å²) in [7, 11) is 0. The maximum atomic E-state index is 13.2. The fraction of sp³-hybridized carbons (Fsp3) is 0.455. The Morgan fingerprint density at radius 2 is 1.87 bits per heavy atom. The predicted octanol–water partition coefficient (Wildman–Crippen LogP) is 4.04. The van der Waals surface area contributed by atoms with Crippen molar-refractivity contribution in [3.8, 4) is 0 Å². The maximum absolute atomic E-state index is 13.2. The molecule has 1 N–H and O–H groups in total. The minimum absolute atomic E-state index is 0.148. The summed E-state index contributed by atoms with van der Waals surface area (Å²) in [6.07, 6.45) is 0.785. The van der Waals surface area contributed by atoms with Crippen LogP contribution >= 0.6 is 22.9 Å². The van der Waals surface area contributed by atoms with E-state index in [1.54, 1.807) is 19.1 Å². The molecule has 1 saturated heterocycles. The first-order valence-electron chi connectivity index (χ1n) is 10.4. The molecule has 2 heterocycles. The molecule has 1 aromatic heterocycles. The van der Waals surface area contributed by atoms with E-state index < -0.39 is 5.97 Å². The van der Waals surface area contributed by atoms with Crippen LogP contribution in [0.3, 0.4) is 0 Å². The van der Waals surface area contributed by atoms with Crippen LogP contribution in [0.5, 0.6) is 0 Å². The summed E-state index contributed by atoms with van der Waals surface area (Å²) in [5.74, 6) is -0.903. The van der Waals surface area contributed by atoms with Gasteiger partial charge in [0.15, 0.2) is 0 Å². The number of nitrogens with one attached hydrogen (secondary N) is 1. The molecule has 0 bridgehead atoms. The lowest BCUT2D eigenvalue weighted by Gasteiger charge is -2.34. The van der Waals surface area contributed by atoms with Crippen LogP contribution in [-0.4, -0.2) is 61.0 Å². The van der Waals surface area contributed by atoms with Gasteiger partial charge in [0.25, 0.3) is 0 Å². The van der Waals surface area contributed by atoms with E-state index in [2.05, 4.69) is 15.1 Å². The Kier molecular flexibility index (Phi) is 8.43. The first-order valence-corrected chi connectivity index (χ1v) is 11.6. The highest BCUT2D eigenvalue weighted by atomic mass is 35.5. The summed E-state index contributed by atoms with van der Waals surface area (Å²) >= 11 is 7.54. The Hall–Kier alpha value is -2.00. The number of aryl methyl sites for hydroxylation is 1. The molecule has 0 saturated carbocycles. The Balaban J connectivity index is 1.51. The van der Waals surface area contributed by atoms with E-state index in [-0.39, 0.29) is 24.9 Å². The molecule has 1 aliphatic rings. The number of esters is 1. The quantitative estimate of drug-likeness (QED) is 0.594. The molecule has 31 heavy (non-hydrogen) atoms. The van der Waals surface area contributed by atoms with Gasteiger partial charge in [-0.2, -0.15) is 0 Å². The van der Waals surface area contributed by atoms with Gasteiger partial charge >= 0.3 is 5.97 Å². The summed E-state index contributed by atoms with van der Waals surface area (Å²) < 4.78 is 18.3. The number of benzene rings is 1. The highest BCUT2D eigenvalue weighted by Crippen LogP contribution is 2.29. The van der Waals surface area contributed by atoms with E-state index in [1.807, 2.05) is 6.92 Å². The van der Waals surface area contributed by atoms with Gasteiger partial charge in [0.05, 0.1) is 18.7 Å². The van der Waals surface area contributed by atoms with Gasteiger partial charge in [0.1, 0.15) is 10.8 Å². The highest BCUT2D eigenvalue weighted by Gasteiger charge is 2.22. The number of hydrogen-bond donors (Lipinski definition) is 1. The standard InChI is InChI=1S/C22H27ClFN3O3S/c1-3-17-12-18(22(29)30-4-2)21(31-17)25-20(28)14-27-9-7-26(8-10-27)13-15-5-6-16(24)11-19(15)23/h5-6,11-12H,3-4,7-10,13-14H2,1-2H3,(H,25,28). The third-order valence-corrected chi connectivity index (χ3v) is 6.67. The monoisotopic (exact) mass is 467 g/mol. The number of thiophene rings is 1. The van der Waals surface area contributed by atoms with Crippen molar-refractivity contribution in [2.75, 3.05) is 44.6 Å². The third-order valence-electron chi connectivity index (χ3n) is 5.12. The van der Waals surface area contributed by atoms with Gasteiger partial charge in [0, 0.05) is 42.6 Å². The van der Waals surface area contributed by atoms with E-state index in [4.69, 9.17) is 16.3 Å². The van der Waals surface area contributed by atoms with Crippen molar-refractivity contribution in [3.05, 3.63) is 51.1 Å². The van der Waals surface area contributed by atoms with Crippen LogP contribution in [0.1, 0.15) is 34.6 Å². The van der Waals surface area contributed by atoms with Crippen molar-refractivity contribution < 1.29 is 18.7 Å². The lowest BCUT2D eigenvalue weighted by atomic mass is 10.2. The Morgan fingerprint density at radius 3 is 2.52 bits per heavy atom. The number of carbonyl (C=O) groups is 2. The molecule has 0 spiro atoms. The molecule has 0 unspecified atom stereocenters. The van der Waals surface area contributed by atoms with Crippen molar-refractivity contribution in [1.82, 2.24) is 9.80 Å². The molecule has 168 valence electrons. The van der Waals surface area contributed by atoms with Crippen molar-refractivity contribution in [2.24, 2.45) is 0 Å². The van der Waals surface area contributed by atoms with Crippen molar-refractivity contribution in [3.63, 3.8) is 0 Å². The number of amides is 1. The molecule has 1 aliphatic heterocycles. The summed E-state index contributed by atoms with van der Waals surface area (Å²) in [5, 5.41) is 3.86. The molecule has 1 fully saturated rings. The number of anilines is 1. The van der Waals surface area contributed by atoms with Crippen LogP contribution in [0.25, 0.3) is 0 Å². The molecular formula is C22H27ClFN3O3S. The summed E-state index contributed by atoms with van der Waals surface area (Å²) in [4.78, 5) is 30.1. The SMILES string of the molecule is CCOC(=O)c1cc(CC)sc1NC(=O)CN1CCN(Cc2ccc(F)cc2Cl)CC1. The van der Waals surface area contributed by atoms with Gasteiger partial charge in [-0.05, 0) is 37.1 Å². The first kappa shape index (κ1) is 23.7. The van der Waals surface area contributed by atoms with Gasteiger partial charge in [-0.3, -0.25) is 14.6 Å². The second-order valence-corrected chi connectivity index (χ2v) is 8.91. The smallest absolute Gasteiger partial charge is 0.341 e. The molecule has 0 radical (unpaired) electrons. The van der Waals surface area contributed by atoms with Gasteiger partial charge in [-0.15, -0.1) is 11.3 Å². The molecule has 0 atom stereocenters. The van der Waals surface area contributed by atoms with E-state index in [9.17, 15) is 14.0 Å². The summed E-state index contributed by atoms with van der Waals surface area (Å²) in [6, 6.07) is 6.25. The zero-order chi connectivity index (χ0) is 22.4. The molecule has 6 nitrogen and oxygen atoms in total. The topological polar surface area (TPSA) is 61.9 Å². The lowest BCUT2D eigenvalue weighted by molar-refractivity contribution is -0.117. The normalized spacial score (nSPS) is 15.1. The van der Waals surface area contributed by atoms with Crippen molar-refractivity contribution in [1.29, 1.82) is 0 Å². The van der Waals surface area contributed by atoms with E-state index in [0.717, 1.165) is 43.0 Å². The van der Waals surface area contributed by atoms with Gasteiger partial charge in [0.2, 0.25) is 5.91 Å². The predicted molar refractivity (Wildman–Crippen MR) is 121 cm³/mol. The van der Waals surface area contributed by atoms with Gasteiger partial charge in [-0.1, -0.05) is 24.6 Å². The van der Waals surface area contributed by atoms with Crippen LogP contribution < -0.4 is 5.32 Å². The number of halogens is 2. The molecule has 3 rings (SSSR count). The minimum atomic E-state index is -0.415. The Bertz CT molecular complexity index is 929. The second kappa shape index (κ2) is 11.0. The number of hydrogen-bond acceptors (Lipinski definition) is 6. The third kappa shape index (κ3) is 6.49. The number of carbonyl (C=O) groups excluding carboxylic acids is 2. The minimum Gasteiger partial charge on any atom is -0.462 e. The van der Waals surface area contributed by atoms with Crippen molar-refractivity contribution in [2.45, 2.75) is 26.8 Å². The number of ether oxygens (including phenoxy) is 1. The van der Waals surface area contributed by atoms with E-state index >= 15 is 0 Å². The molecule has 2 aromatic rings. The largest absolute Gasteiger partial charge is 0.462 e. The maximum Gasteiger partial charge on any atom is 0.341 e. The van der Waals surface area contributed by atoms with Gasteiger partial charge in [-0.25, -0.2) is 9.18 Å². The highest BCUT2D eigenvalue weighted by molar-refractivity contribution is 7.16. The molecule has 9 heteroatoms. The number of nitrogens with zero attached hydrogens (tertiary/aromatic N) is 2. The van der Waals surface area contributed by atoms with E-state index in [1.165, 1.54) is 23.5 Å². The number of piperazine rings is 1. The van der Waals surface area contributed by atoms with Crippen LogP contribution in [-0.2, 0) is 22.5 Å². The summed E-state index contributed by atoms with van der Waals surface area (Å²) in [5.41, 5.74) is 1.31. The zero-order valence-corrected chi connectivity index (χ0v) is 19.3. The zero-order valence-electron chi connectivity index (χ0n) is 17.7. The van der Waals surface area contributed by atoms with Crippen LogP contribution in [0.15, 0.2) is 24.3 Å². The number of rotatable bonds is 8. The van der Waals surface area contributed by atoms with Gasteiger partial charge < -0.3 is 10.1 Å². The lowest BCUT2D eigenvalue weighted by Crippen LogP contribution is -2.48.